The Kier molecular flexibility index (Phi) is 9.53. The minimum Gasteiger partial charge on any atom is -0.370 e. The normalized spacial score (nSPS) is 15.3. The van der Waals surface area contributed by atoms with E-state index in [1.54, 1.807) is 18.3 Å². The van der Waals surface area contributed by atoms with E-state index >= 15 is 0 Å². The number of hydroxylamine groups is 3. The van der Waals surface area contributed by atoms with Gasteiger partial charge in [-0.25, -0.2) is 18.6 Å². The van der Waals surface area contributed by atoms with Crippen molar-refractivity contribution in [1.29, 1.82) is 0 Å². The van der Waals surface area contributed by atoms with Crippen LogP contribution < -0.4 is 16.0 Å². The van der Waals surface area contributed by atoms with Gasteiger partial charge in [-0.2, -0.15) is 13.1 Å². The number of urea groups is 1. The maximum absolute atomic E-state index is 13.2. The van der Waals surface area contributed by atoms with Gasteiger partial charge < -0.3 is 19.9 Å². The number of alkyl halides is 2. The first-order valence-electron chi connectivity index (χ1n) is 12.9. The lowest BCUT2D eigenvalue weighted by molar-refractivity contribution is -1.08. The fourth-order valence-electron chi connectivity index (χ4n) is 4.17. The number of quaternary nitrogens is 1. The van der Waals surface area contributed by atoms with E-state index in [9.17, 15) is 22.0 Å². The largest absolute Gasteiger partial charge is 0.370 e. The highest BCUT2D eigenvalue weighted by molar-refractivity contribution is 7.85. The third-order valence-electron chi connectivity index (χ3n) is 6.58. The number of pyridine rings is 1. The van der Waals surface area contributed by atoms with Gasteiger partial charge >= 0.3 is 16.1 Å². The van der Waals surface area contributed by atoms with Crippen LogP contribution in [0.1, 0.15) is 12.7 Å². The van der Waals surface area contributed by atoms with Gasteiger partial charge in [-0.3, -0.25) is 5.32 Å². The molecule has 1 aliphatic rings. The number of hydrogen-bond acceptors (Lipinski definition) is 9. The quantitative estimate of drug-likeness (QED) is 0.267. The summed E-state index contributed by atoms with van der Waals surface area (Å²) in [5.41, 5.74) is 0.773. The number of carbonyl (C=O) groups is 1. The first-order chi connectivity index (χ1) is 19.5. The molecule has 0 spiro atoms. The van der Waals surface area contributed by atoms with Crippen molar-refractivity contribution in [2.45, 2.75) is 12.3 Å². The van der Waals surface area contributed by atoms with Crippen LogP contribution in [0.25, 0.3) is 11.1 Å². The van der Waals surface area contributed by atoms with Crippen LogP contribution in [0.15, 0.2) is 53.2 Å². The molecule has 2 amide bonds. The van der Waals surface area contributed by atoms with E-state index in [-0.39, 0.29) is 16.2 Å². The van der Waals surface area contributed by atoms with Crippen LogP contribution in [0.4, 0.5) is 30.9 Å². The molecule has 1 aliphatic heterocycles. The monoisotopic (exact) mass is 595 g/mol. The Morgan fingerprint density at radius 3 is 2.34 bits per heavy atom. The Bertz CT molecular complexity index is 1410. The number of aromatic nitrogens is 2. The minimum absolute atomic E-state index is 0.000325. The molecule has 1 saturated heterocycles. The second kappa shape index (κ2) is 12.9. The number of amides is 2. The Morgan fingerprint density at radius 2 is 1.73 bits per heavy atom. The van der Waals surface area contributed by atoms with Crippen molar-refractivity contribution >= 4 is 33.5 Å². The smallest absolute Gasteiger partial charge is 0.324 e. The summed E-state index contributed by atoms with van der Waals surface area (Å²) < 4.78 is 65.5. The summed E-state index contributed by atoms with van der Waals surface area (Å²) in [5, 5.41) is 12.0. The summed E-state index contributed by atoms with van der Waals surface area (Å²) in [5.74, 6) is 0.663. The van der Waals surface area contributed by atoms with E-state index in [2.05, 4.69) is 26.1 Å². The SMILES string of the molecule is CC(CF)(CF)c1cc(NC(=O)Nc2ccc(-c3ccc(NCC[N+]4(OS(C)(=O)=O)CCOCC4)nc3)cc2)no1. The van der Waals surface area contributed by atoms with Crippen molar-refractivity contribution in [3.63, 3.8) is 0 Å². The summed E-state index contributed by atoms with van der Waals surface area (Å²) in [6.07, 6.45) is 2.75. The molecule has 1 fully saturated rings. The molecular formula is C26H33F2N6O6S+. The minimum atomic E-state index is -3.63. The molecule has 222 valence electrons. The third-order valence-corrected chi connectivity index (χ3v) is 7.17. The van der Waals surface area contributed by atoms with Crippen molar-refractivity contribution in [3.05, 3.63) is 54.4 Å². The topological polar surface area (TPSA) is 145 Å². The van der Waals surface area contributed by atoms with Gasteiger partial charge in [0.25, 0.3) is 0 Å². The number of nitrogens with one attached hydrogen (secondary N) is 3. The lowest BCUT2D eigenvalue weighted by atomic mass is 9.91. The predicted molar refractivity (Wildman–Crippen MR) is 148 cm³/mol. The van der Waals surface area contributed by atoms with Crippen molar-refractivity contribution in [3.8, 4) is 11.1 Å². The number of carbonyl (C=O) groups excluding carboxylic acids is 1. The predicted octanol–water partition coefficient (Wildman–Crippen LogP) is 3.73. The van der Waals surface area contributed by atoms with Crippen molar-refractivity contribution in [1.82, 2.24) is 10.1 Å². The fraction of sp³-hybridized carbons (Fsp3) is 0.423. The molecule has 2 aromatic heterocycles. The number of benzene rings is 1. The van der Waals surface area contributed by atoms with Crippen LogP contribution in [0.3, 0.4) is 0 Å². The lowest BCUT2D eigenvalue weighted by Crippen LogP contribution is -2.57. The van der Waals surface area contributed by atoms with Crippen LogP contribution in [0.2, 0.25) is 0 Å². The number of anilines is 3. The van der Waals surface area contributed by atoms with E-state index in [1.165, 1.54) is 13.0 Å². The molecule has 0 saturated carbocycles. The van der Waals surface area contributed by atoms with Crippen LogP contribution in [0, 0.1) is 0 Å². The van der Waals surface area contributed by atoms with Crippen molar-refractivity contribution < 1.29 is 40.2 Å². The summed E-state index contributed by atoms with van der Waals surface area (Å²) in [6, 6.07) is 11.5. The summed E-state index contributed by atoms with van der Waals surface area (Å²) in [6.45, 7) is 2.03. The van der Waals surface area contributed by atoms with Gasteiger partial charge in [-0.05, 0) is 36.8 Å². The summed E-state index contributed by atoms with van der Waals surface area (Å²) >= 11 is 0. The summed E-state index contributed by atoms with van der Waals surface area (Å²) in [4.78, 5) is 16.8. The Balaban J connectivity index is 1.29. The number of morpholine rings is 1. The van der Waals surface area contributed by atoms with Gasteiger partial charge in [0, 0.05) is 23.5 Å². The fourth-order valence-corrected chi connectivity index (χ4v) is 4.96. The molecule has 4 rings (SSSR count). The molecule has 3 aromatic rings. The zero-order valence-corrected chi connectivity index (χ0v) is 23.5. The zero-order valence-electron chi connectivity index (χ0n) is 22.7. The molecular weight excluding hydrogens is 562 g/mol. The molecule has 3 heterocycles. The second-order valence-electron chi connectivity index (χ2n) is 10.0. The highest BCUT2D eigenvalue weighted by Gasteiger charge is 2.36. The summed E-state index contributed by atoms with van der Waals surface area (Å²) in [7, 11) is -3.63. The average molecular weight is 596 g/mol. The van der Waals surface area contributed by atoms with Gasteiger partial charge in [0.05, 0.1) is 31.4 Å². The van der Waals surface area contributed by atoms with Crippen LogP contribution in [0.5, 0.6) is 0 Å². The second-order valence-corrected chi connectivity index (χ2v) is 11.6. The van der Waals surface area contributed by atoms with E-state index in [0.29, 0.717) is 50.9 Å². The molecule has 12 nitrogen and oxygen atoms in total. The maximum atomic E-state index is 13.2. The van der Waals surface area contributed by atoms with E-state index in [0.717, 1.165) is 17.4 Å². The molecule has 0 aliphatic carbocycles. The highest BCUT2D eigenvalue weighted by Crippen LogP contribution is 2.27. The number of halogens is 2. The van der Waals surface area contributed by atoms with Gasteiger partial charge in [-0.15, -0.1) is 0 Å². The van der Waals surface area contributed by atoms with Crippen LogP contribution in [-0.4, -0.2) is 88.2 Å². The average Bonchev–Trinajstić information content (AvgIpc) is 3.42. The molecule has 1 aromatic carbocycles. The van der Waals surface area contributed by atoms with Gasteiger partial charge in [-0.1, -0.05) is 21.6 Å². The molecule has 41 heavy (non-hydrogen) atoms. The highest BCUT2D eigenvalue weighted by atomic mass is 32.2. The Labute approximate surface area is 236 Å². The van der Waals surface area contributed by atoms with Gasteiger partial charge in [0.1, 0.15) is 44.6 Å². The number of nitrogens with zero attached hydrogens (tertiary/aromatic N) is 3. The van der Waals surface area contributed by atoms with Gasteiger partial charge in [0.2, 0.25) is 0 Å². The van der Waals surface area contributed by atoms with E-state index in [1.807, 2.05) is 24.3 Å². The molecule has 0 radical (unpaired) electrons. The Morgan fingerprint density at radius 1 is 1.05 bits per heavy atom. The van der Waals surface area contributed by atoms with Crippen LogP contribution >= 0.6 is 0 Å². The molecule has 0 unspecified atom stereocenters. The number of rotatable bonds is 12. The van der Waals surface area contributed by atoms with Crippen molar-refractivity contribution in [2.24, 2.45) is 0 Å². The van der Waals surface area contributed by atoms with Crippen molar-refractivity contribution in [2.75, 3.05) is 74.9 Å². The molecule has 15 heteroatoms. The number of ether oxygens (including phenoxy) is 1. The lowest BCUT2D eigenvalue weighted by Gasteiger charge is -2.36. The molecule has 3 N–H and O–H groups in total. The maximum Gasteiger partial charge on any atom is 0.324 e. The van der Waals surface area contributed by atoms with E-state index < -0.39 is 34.9 Å². The Hall–Kier alpha value is -3.66. The first-order valence-corrected chi connectivity index (χ1v) is 14.7. The van der Waals surface area contributed by atoms with Crippen LogP contribution in [-0.2, 0) is 24.6 Å². The third kappa shape index (κ3) is 8.19. The molecule has 0 bridgehead atoms. The van der Waals surface area contributed by atoms with E-state index in [4.69, 9.17) is 13.5 Å². The zero-order chi connectivity index (χ0) is 29.5. The standard InChI is InChI=1S/C26H32F2N6O6S/c1-26(17-27,18-28)22-15-24(33-39-22)32-25(35)31-21-6-3-19(4-7-21)20-5-8-23(30-16-20)29-9-10-34(40-41(2,36)37)11-13-38-14-12-34/h3-8,15-16H,9-14,17-18H2,1-2H3,(H2-,29,30,31,32,33,35)/p+1. The van der Waals surface area contributed by atoms with Gasteiger partial charge in [0.15, 0.2) is 5.82 Å². The number of hydrogen-bond donors (Lipinski definition) is 3. The first kappa shape index (κ1) is 30.3. The molecule has 0 atom stereocenters.